The molecule has 1 atom stereocenters. The van der Waals surface area contributed by atoms with Gasteiger partial charge in [0.1, 0.15) is 11.5 Å². The molecule has 0 radical (unpaired) electrons. The molecule has 1 heterocycles. The number of aryl methyl sites for hydroxylation is 1. The van der Waals surface area contributed by atoms with Crippen molar-refractivity contribution < 1.29 is 27.5 Å². The van der Waals surface area contributed by atoms with E-state index in [1.54, 1.807) is 17.5 Å². The fraction of sp³-hybridized carbons (Fsp3) is 0.235. The van der Waals surface area contributed by atoms with Crippen LogP contribution in [0.15, 0.2) is 40.6 Å². The number of hydrogen-bond donors (Lipinski definition) is 3. The first-order valence-corrected chi connectivity index (χ1v) is 10.4. The topological polar surface area (TPSA) is 145 Å². The van der Waals surface area contributed by atoms with Gasteiger partial charge in [0.05, 0.1) is 10.5 Å². The fourth-order valence-corrected chi connectivity index (χ4v) is 3.82. The SMILES string of the molecule is Cc1ccc(S(=O)(=O)NCC(=O)OC(C)C(=O)Nc2sccc2C(N)=O)cc1. The van der Waals surface area contributed by atoms with Crippen LogP contribution in [0.3, 0.4) is 0 Å². The van der Waals surface area contributed by atoms with Crippen LogP contribution in [0, 0.1) is 6.92 Å². The molecule has 0 saturated carbocycles. The molecule has 28 heavy (non-hydrogen) atoms. The predicted molar refractivity (Wildman–Crippen MR) is 103 cm³/mol. The molecule has 2 aromatic rings. The Labute approximate surface area is 165 Å². The van der Waals surface area contributed by atoms with Crippen LogP contribution in [0.2, 0.25) is 0 Å². The number of sulfonamides is 1. The highest BCUT2D eigenvalue weighted by atomic mass is 32.2. The maximum Gasteiger partial charge on any atom is 0.321 e. The van der Waals surface area contributed by atoms with Crippen LogP contribution < -0.4 is 15.8 Å². The third-order valence-corrected chi connectivity index (χ3v) is 5.83. The van der Waals surface area contributed by atoms with Crippen molar-refractivity contribution in [2.45, 2.75) is 24.8 Å². The largest absolute Gasteiger partial charge is 0.452 e. The molecular weight excluding hydrogens is 406 g/mol. The molecule has 0 aliphatic rings. The number of esters is 1. The van der Waals surface area contributed by atoms with Crippen molar-refractivity contribution >= 4 is 44.1 Å². The van der Waals surface area contributed by atoms with E-state index in [-0.39, 0.29) is 15.5 Å². The summed E-state index contributed by atoms with van der Waals surface area (Å²) >= 11 is 1.09. The quantitative estimate of drug-likeness (QED) is 0.538. The molecule has 0 aliphatic heterocycles. The summed E-state index contributed by atoms with van der Waals surface area (Å²) in [5, 5.41) is 4.26. The van der Waals surface area contributed by atoms with E-state index in [1.807, 2.05) is 6.92 Å². The molecule has 0 saturated heterocycles. The van der Waals surface area contributed by atoms with Crippen LogP contribution in [0.25, 0.3) is 0 Å². The van der Waals surface area contributed by atoms with Crippen LogP contribution in [-0.2, 0) is 24.3 Å². The van der Waals surface area contributed by atoms with Gasteiger partial charge in [0.15, 0.2) is 6.10 Å². The summed E-state index contributed by atoms with van der Waals surface area (Å²) < 4.78 is 31.3. The number of carbonyl (C=O) groups excluding carboxylic acids is 3. The van der Waals surface area contributed by atoms with Crippen molar-refractivity contribution in [1.29, 1.82) is 0 Å². The van der Waals surface area contributed by atoms with Gasteiger partial charge in [-0.2, -0.15) is 4.72 Å². The average molecular weight is 425 g/mol. The molecule has 0 bridgehead atoms. The monoisotopic (exact) mass is 425 g/mol. The lowest BCUT2D eigenvalue weighted by molar-refractivity contribution is -0.151. The van der Waals surface area contributed by atoms with E-state index in [0.717, 1.165) is 16.9 Å². The zero-order valence-corrected chi connectivity index (χ0v) is 16.7. The van der Waals surface area contributed by atoms with Gasteiger partial charge in [-0.05, 0) is 37.4 Å². The molecule has 4 N–H and O–H groups in total. The molecule has 2 amide bonds. The Morgan fingerprint density at radius 3 is 2.43 bits per heavy atom. The van der Waals surface area contributed by atoms with Crippen LogP contribution in [0.4, 0.5) is 5.00 Å². The summed E-state index contributed by atoms with van der Waals surface area (Å²) in [6, 6.07) is 7.54. The van der Waals surface area contributed by atoms with Crippen molar-refractivity contribution in [3.63, 3.8) is 0 Å². The van der Waals surface area contributed by atoms with Gasteiger partial charge in [-0.3, -0.25) is 14.4 Å². The second-order valence-electron chi connectivity index (χ2n) is 5.79. The number of nitrogens with two attached hydrogens (primary N) is 1. The van der Waals surface area contributed by atoms with E-state index in [0.29, 0.717) is 0 Å². The first-order valence-electron chi connectivity index (χ1n) is 8.04. The molecule has 1 aromatic carbocycles. The summed E-state index contributed by atoms with van der Waals surface area (Å²) in [4.78, 5) is 35.2. The summed E-state index contributed by atoms with van der Waals surface area (Å²) in [7, 11) is -3.89. The lowest BCUT2D eigenvalue weighted by atomic mass is 10.2. The number of carbonyl (C=O) groups is 3. The van der Waals surface area contributed by atoms with Crippen molar-refractivity contribution in [1.82, 2.24) is 4.72 Å². The Morgan fingerprint density at radius 2 is 1.82 bits per heavy atom. The third kappa shape index (κ3) is 5.62. The van der Waals surface area contributed by atoms with Gasteiger partial charge < -0.3 is 15.8 Å². The molecular formula is C17H19N3O6S2. The summed E-state index contributed by atoms with van der Waals surface area (Å²) in [5.41, 5.74) is 6.23. The van der Waals surface area contributed by atoms with E-state index < -0.39 is 40.5 Å². The second-order valence-corrected chi connectivity index (χ2v) is 8.47. The Hall–Kier alpha value is -2.76. The number of rotatable bonds is 8. The number of thiophene rings is 1. The van der Waals surface area contributed by atoms with Crippen molar-refractivity contribution in [3.05, 3.63) is 46.8 Å². The lowest BCUT2D eigenvalue weighted by Crippen LogP contribution is -2.36. The number of hydrogen-bond acceptors (Lipinski definition) is 7. The summed E-state index contributed by atoms with van der Waals surface area (Å²) in [6.07, 6.45) is -1.21. The molecule has 9 nitrogen and oxygen atoms in total. The van der Waals surface area contributed by atoms with Crippen LogP contribution in [-0.4, -0.2) is 38.9 Å². The molecule has 0 spiro atoms. The number of nitrogens with one attached hydrogen (secondary N) is 2. The van der Waals surface area contributed by atoms with Crippen LogP contribution >= 0.6 is 11.3 Å². The number of ether oxygens (including phenoxy) is 1. The second kappa shape index (κ2) is 8.95. The number of anilines is 1. The highest BCUT2D eigenvalue weighted by molar-refractivity contribution is 7.89. The van der Waals surface area contributed by atoms with Crippen molar-refractivity contribution in [2.24, 2.45) is 5.73 Å². The lowest BCUT2D eigenvalue weighted by Gasteiger charge is -2.14. The zero-order chi connectivity index (χ0) is 20.9. The summed E-state index contributed by atoms with van der Waals surface area (Å²) in [6.45, 7) is 2.49. The standard InChI is InChI=1S/C17H19N3O6S2/c1-10-3-5-12(6-4-10)28(24,25)19-9-14(21)26-11(2)16(23)20-17-13(15(18)22)7-8-27-17/h3-8,11,19H,9H2,1-2H3,(H2,18,22)(H,20,23). The van der Waals surface area contributed by atoms with E-state index in [2.05, 4.69) is 10.0 Å². The van der Waals surface area contributed by atoms with E-state index in [1.165, 1.54) is 25.1 Å². The maximum absolute atomic E-state index is 12.1. The molecule has 0 aliphatic carbocycles. The summed E-state index contributed by atoms with van der Waals surface area (Å²) in [5.74, 6) is -2.31. The predicted octanol–water partition coefficient (Wildman–Crippen LogP) is 1.00. The number of primary amides is 1. The van der Waals surface area contributed by atoms with Crippen molar-refractivity contribution in [3.8, 4) is 0 Å². The molecule has 11 heteroatoms. The Balaban J connectivity index is 1.89. The molecule has 0 fully saturated rings. The van der Waals surface area contributed by atoms with Crippen LogP contribution in [0.5, 0.6) is 0 Å². The van der Waals surface area contributed by atoms with Gasteiger partial charge in [0, 0.05) is 0 Å². The minimum Gasteiger partial charge on any atom is -0.452 e. The maximum atomic E-state index is 12.1. The fourth-order valence-electron chi connectivity index (χ4n) is 2.06. The van der Waals surface area contributed by atoms with E-state index in [9.17, 15) is 22.8 Å². The smallest absolute Gasteiger partial charge is 0.321 e. The highest BCUT2D eigenvalue weighted by Gasteiger charge is 2.22. The minimum atomic E-state index is -3.89. The first-order chi connectivity index (χ1) is 13.1. The van der Waals surface area contributed by atoms with E-state index in [4.69, 9.17) is 10.5 Å². The molecule has 1 aromatic heterocycles. The van der Waals surface area contributed by atoms with Gasteiger partial charge in [-0.1, -0.05) is 17.7 Å². The average Bonchev–Trinajstić information content (AvgIpc) is 3.09. The third-order valence-electron chi connectivity index (χ3n) is 3.58. The number of benzene rings is 1. The van der Waals surface area contributed by atoms with Gasteiger partial charge in [-0.25, -0.2) is 8.42 Å². The molecule has 1 unspecified atom stereocenters. The van der Waals surface area contributed by atoms with E-state index >= 15 is 0 Å². The highest BCUT2D eigenvalue weighted by Crippen LogP contribution is 2.23. The molecule has 2 rings (SSSR count). The first kappa shape index (κ1) is 21.5. The Morgan fingerprint density at radius 1 is 1.18 bits per heavy atom. The van der Waals surface area contributed by atoms with Gasteiger partial charge in [-0.15, -0.1) is 11.3 Å². The van der Waals surface area contributed by atoms with Crippen molar-refractivity contribution in [2.75, 3.05) is 11.9 Å². The Kier molecular flexibility index (Phi) is 6.89. The van der Waals surface area contributed by atoms with Gasteiger partial charge in [0.25, 0.3) is 11.8 Å². The minimum absolute atomic E-state index is 0.00775. The number of amides is 2. The normalized spacial score (nSPS) is 12.2. The molecule has 150 valence electrons. The zero-order valence-electron chi connectivity index (χ0n) is 15.1. The Bertz CT molecular complexity index is 983. The van der Waals surface area contributed by atoms with Crippen LogP contribution in [0.1, 0.15) is 22.8 Å². The van der Waals surface area contributed by atoms with Gasteiger partial charge in [0.2, 0.25) is 10.0 Å². The van der Waals surface area contributed by atoms with Gasteiger partial charge >= 0.3 is 5.97 Å².